The van der Waals surface area contributed by atoms with E-state index in [0.29, 0.717) is 25.7 Å². The van der Waals surface area contributed by atoms with Gasteiger partial charge in [0.2, 0.25) is 5.91 Å². The van der Waals surface area contributed by atoms with E-state index in [-0.39, 0.29) is 30.6 Å². The maximum atomic E-state index is 13.9. The number of para-hydroxylation sites is 1. The van der Waals surface area contributed by atoms with Gasteiger partial charge in [0.1, 0.15) is 12.4 Å². The Bertz CT molecular complexity index is 875. The molecular formula is C25H34N2O5. The zero-order chi connectivity index (χ0) is 22.3. The van der Waals surface area contributed by atoms with Gasteiger partial charge in [0, 0.05) is 6.54 Å². The topological polar surface area (TPSA) is 77.1 Å². The van der Waals surface area contributed by atoms with Gasteiger partial charge in [-0.25, -0.2) is 0 Å². The summed E-state index contributed by atoms with van der Waals surface area (Å²) < 4.78 is 18.6. The van der Waals surface area contributed by atoms with Gasteiger partial charge in [-0.05, 0) is 69.9 Å². The van der Waals surface area contributed by atoms with E-state index in [1.807, 2.05) is 36.9 Å². The highest BCUT2D eigenvalue weighted by Crippen LogP contribution is 2.41. The van der Waals surface area contributed by atoms with Crippen LogP contribution in [-0.4, -0.2) is 66.4 Å². The lowest BCUT2D eigenvalue weighted by atomic mass is 9.80. The number of rotatable bonds is 0. The van der Waals surface area contributed by atoms with Crippen LogP contribution < -0.4 is 10.1 Å². The van der Waals surface area contributed by atoms with Crippen LogP contribution in [-0.2, 0) is 19.1 Å². The third-order valence-corrected chi connectivity index (χ3v) is 7.68. The van der Waals surface area contributed by atoms with Crippen molar-refractivity contribution in [1.82, 2.24) is 10.2 Å². The first-order valence-electron chi connectivity index (χ1n) is 12.0. The number of hydrogen-bond donors (Lipinski definition) is 1. The van der Waals surface area contributed by atoms with Gasteiger partial charge in [-0.15, -0.1) is 0 Å². The Labute approximate surface area is 189 Å². The van der Waals surface area contributed by atoms with Crippen molar-refractivity contribution in [2.75, 3.05) is 26.4 Å². The summed E-state index contributed by atoms with van der Waals surface area (Å²) >= 11 is 0. The van der Waals surface area contributed by atoms with Crippen LogP contribution >= 0.6 is 0 Å². The Kier molecular flexibility index (Phi) is 5.66. The molecule has 7 nitrogen and oxygen atoms in total. The van der Waals surface area contributed by atoms with Crippen molar-refractivity contribution in [1.29, 1.82) is 0 Å². The molecule has 1 saturated carbocycles. The van der Waals surface area contributed by atoms with Crippen molar-refractivity contribution in [3.63, 3.8) is 0 Å². The zero-order valence-corrected chi connectivity index (χ0v) is 19.1. The molecule has 3 fully saturated rings. The molecule has 1 aromatic rings. The molecule has 4 aliphatic heterocycles. The van der Waals surface area contributed by atoms with Gasteiger partial charge in [0.05, 0.1) is 30.9 Å². The predicted molar refractivity (Wildman–Crippen MR) is 119 cm³/mol. The van der Waals surface area contributed by atoms with Gasteiger partial charge >= 0.3 is 0 Å². The molecule has 1 spiro atoms. The van der Waals surface area contributed by atoms with Gasteiger partial charge in [-0.3, -0.25) is 9.59 Å². The van der Waals surface area contributed by atoms with E-state index in [1.54, 1.807) is 0 Å². The van der Waals surface area contributed by atoms with Gasteiger partial charge in [0.15, 0.2) is 5.60 Å². The quantitative estimate of drug-likeness (QED) is 0.669. The number of fused-ring (bicyclic) bond motifs is 5. The van der Waals surface area contributed by atoms with E-state index < -0.39 is 11.1 Å². The zero-order valence-electron chi connectivity index (χ0n) is 19.1. The number of carbonyl (C=O) groups is 2. The van der Waals surface area contributed by atoms with Crippen LogP contribution in [0.5, 0.6) is 5.75 Å². The smallest absolute Gasteiger partial charge is 0.266 e. The number of hydrogen-bond acceptors (Lipinski definition) is 5. The summed E-state index contributed by atoms with van der Waals surface area (Å²) in [5, 5.41) is 3.18. The number of piperidine rings is 1. The minimum absolute atomic E-state index is 0.0681. The van der Waals surface area contributed by atoms with Crippen LogP contribution in [0, 0.1) is 0 Å². The maximum Gasteiger partial charge on any atom is 0.266 e. The molecule has 1 aliphatic carbocycles. The molecule has 2 amide bonds. The summed E-state index contributed by atoms with van der Waals surface area (Å²) in [5.41, 5.74) is -0.474. The fourth-order valence-electron chi connectivity index (χ4n) is 6.01. The van der Waals surface area contributed by atoms with Crippen molar-refractivity contribution in [2.45, 2.75) is 81.6 Å². The van der Waals surface area contributed by atoms with Crippen molar-refractivity contribution < 1.29 is 23.8 Å². The van der Waals surface area contributed by atoms with Crippen molar-refractivity contribution in [3.05, 3.63) is 29.8 Å². The molecule has 4 heterocycles. The molecule has 2 unspecified atom stereocenters. The average molecular weight is 443 g/mol. The van der Waals surface area contributed by atoms with E-state index in [4.69, 9.17) is 14.2 Å². The Balaban J connectivity index is 1.53. The average Bonchev–Trinajstić information content (AvgIpc) is 2.78. The molecule has 0 aromatic heterocycles. The molecule has 7 heteroatoms. The number of benzene rings is 1. The van der Waals surface area contributed by atoms with E-state index in [0.717, 1.165) is 44.3 Å². The van der Waals surface area contributed by atoms with Crippen molar-refractivity contribution >= 4 is 11.8 Å². The van der Waals surface area contributed by atoms with Gasteiger partial charge in [0.25, 0.3) is 5.91 Å². The molecule has 1 N–H and O–H groups in total. The van der Waals surface area contributed by atoms with Crippen molar-refractivity contribution in [3.8, 4) is 5.75 Å². The Morgan fingerprint density at radius 2 is 1.88 bits per heavy atom. The molecule has 174 valence electrons. The fraction of sp³-hybridized carbons (Fsp3) is 0.680. The summed E-state index contributed by atoms with van der Waals surface area (Å²) in [6, 6.07) is 7.85. The van der Waals surface area contributed by atoms with Crippen LogP contribution in [0.25, 0.3) is 0 Å². The summed E-state index contributed by atoms with van der Waals surface area (Å²) in [5.74, 6) is 1.01. The highest BCUT2D eigenvalue weighted by Gasteiger charge is 2.52. The van der Waals surface area contributed by atoms with Gasteiger partial charge < -0.3 is 24.4 Å². The van der Waals surface area contributed by atoms with E-state index >= 15 is 0 Å². The Morgan fingerprint density at radius 1 is 1.09 bits per heavy atom. The lowest BCUT2D eigenvalue weighted by molar-refractivity contribution is -0.164. The maximum absolute atomic E-state index is 13.9. The molecule has 2 bridgehead atoms. The highest BCUT2D eigenvalue weighted by molar-refractivity contribution is 5.86. The minimum atomic E-state index is -1.04. The van der Waals surface area contributed by atoms with Crippen LogP contribution in [0.2, 0.25) is 0 Å². The molecule has 6 rings (SSSR count). The summed E-state index contributed by atoms with van der Waals surface area (Å²) in [4.78, 5) is 28.1. The standard InChI is InChI=1S/C25H34N2O5/c1-24(2)23(29)27-13-5-12-25(16-30-15-22(28)26-25)21(27)14-31-18-10-8-17(9-11-18)19-6-3-4-7-20(19)32-24/h3-4,6-7,17-18,21H,5,8-16H2,1-2H3,(H,26,28)/t17-,18+,21?,25?. The lowest BCUT2D eigenvalue weighted by Crippen LogP contribution is -2.73. The first kappa shape index (κ1) is 21.7. The summed E-state index contributed by atoms with van der Waals surface area (Å²) in [6.45, 7) is 5.17. The second-order valence-corrected chi connectivity index (χ2v) is 10.3. The molecule has 0 radical (unpaired) electrons. The molecule has 5 aliphatic rings. The molecule has 1 aromatic carbocycles. The fourth-order valence-corrected chi connectivity index (χ4v) is 6.01. The number of carbonyl (C=O) groups excluding carboxylic acids is 2. The largest absolute Gasteiger partial charge is 0.478 e. The van der Waals surface area contributed by atoms with E-state index in [1.165, 1.54) is 5.56 Å². The molecule has 2 atom stereocenters. The predicted octanol–water partition coefficient (Wildman–Crippen LogP) is 2.78. The summed E-state index contributed by atoms with van der Waals surface area (Å²) in [7, 11) is 0. The highest BCUT2D eigenvalue weighted by atomic mass is 16.5. The number of nitrogens with one attached hydrogen (secondary N) is 1. The second-order valence-electron chi connectivity index (χ2n) is 10.3. The number of amides is 2. The first-order chi connectivity index (χ1) is 15.4. The first-order valence-corrected chi connectivity index (χ1v) is 12.0. The Morgan fingerprint density at radius 3 is 2.66 bits per heavy atom. The minimum Gasteiger partial charge on any atom is -0.478 e. The normalized spacial score (nSPS) is 34.9. The van der Waals surface area contributed by atoms with Crippen LogP contribution in [0.3, 0.4) is 0 Å². The molecule has 2 saturated heterocycles. The van der Waals surface area contributed by atoms with Gasteiger partial charge in [-0.1, -0.05) is 18.2 Å². The summed E-state index contributed by atoms with van der Waals surface area (Å²) in [6.07, 6.45) is 5.79. The van der Waals surface area contributed by atoms with Crippen molar-refractivity contribution in [2.24, 2.45) is 0 Å². The lowest BCUT2D eigenvalue weighted by Gasteiger charge is -2.52. The van der Waals surface area contributed by atoms with Crippen LogP contribution in [0.1, 0.15) is 63.9 Å². The SMILES string of the molecule is CC1(C)Oc2ccccc2[C@H]2CC[C@H](CC2)OCC2N(CCCC23COCC(=O)N3)C1=O. The molecule has 32 heavy (non-hydrogen) atoms. The van der Waals surface area contributed by atoms with Crippen LogP contribution in [0.15, 0.2) is 24.3 Å². The number of nitrogens with zero attached hydrogens (tertiary/aromatic N) is 1. The number of ether oxygens (including phenoxy) is 3. The van der Waals surface area contributed by atoms with Crippen LogP contribution in [0.4, 0.5) is 0 Å². The second kappa shape index (κ2) is 8.34. The monoisotopic (exact) mass is 442 g/mol. The Hall–Kier alpha value is -2.12. The van der Waals surface area contributed by atoms with E-state index in [2.05, 4.69) is 11.4 Å². The van der Waals surface area contributed by atoms with E-state index in [9.17, 15) is 9.59 Å². The third-order valence-electron chi connectivity index (χ3n) is 7.68. The van der Waals surface area contributed by atoms with Gasteiger partial charge in [-0.2, -0.15) is 0 Å². The molecular weight excluding hydrogens is 408 g/mol. The number of morpholine rings is 1. The third kappa shape index (κ3) is 3.90.